The normalized spacial score (nSPS) is 11.8. The van der Waals surface area contributed by atoms with Crippen LogP contribution in [0.4, 0.5) is 0 Å². The van der Waals surface area contributed by atoms with E-state index in [0.717, 1.165) is 22.0 Å². The number of carbonyl (C=O) groups excluding carboxylic acids is 1. The lowest BCUT2D eigenvalue weighted by Gasteiger charge is -2.01. The average Bonchev–Trinajstić information content (AvgIpc) is 2.62. The minimum absolute atomic E-state index is 0.329. The van der Waals surface area contributed by atoms with Gasteiger partial charge in [-0.3, -0.25) is 4.79 Å². The molecule has 24 heavy (non-hydrogen) atoms. The SMILES string of the molecule is CC(/C=N/NC(=O)c1ccc2ccccc2n1)=C\c1ccccc1. The fourth-order valence-electron chi connectivity index (χ4n) is 2.29. The zero-order valence-electron chi connectivity index (χ0n) is 13.3. The van der Waals surface area contributed by atoms with Crippen molar-refractivity contribution in [1.29, 1.82) is 0 Å². The summed E-state index contributed by atoms with van der Waals surface area (Å²) in [6.07, 6.45) is 3.61. The van der Waals surface area contributed by atoms with Crippen molar-refractivity contribution in [2.45, 2.75) is 6.92 Å². The van der Waals surface area contributed by atoms with Crippen LogP contribution < -0.4 is 5.43 Å². The fourth-order valence-corrected chi connectivity index (χ4v) is 2.29. The van der Waals surface area contributed by atoms with Crippen LogP contribution in [-0.4, -0.2) is 17.1 Å². The van der Waals surface area contributed by atoms with Crippen molar-refractivity contribution in [1.82, 2.24) is 10.4 Å². The van der Waals surface area contributed by atoms with Crippen molar-refractivity contribution >= 4 is 29.1 Å². The molecule has 0 saturated heterocycles. The van der Waals surface area contributed by atoms with Gasteiger partial charge in [0.15, 0.2) is 0 Å². The second-order valence-corrected chi connectivity index (χ2v) is 5.39. The standard InChI is InChI=1S/C20H17N3O/c1-15(13-16-7-3-2-4-8-16)14-21-23-20(24)19-12-11-17-9-5-6-10-18(17)22-19/h2-14H,1H3,(H,23,24)/b15-13+,21-14+. The molecule has 2 aromatic carbocycles. The Bertz CT molecular complexity index is 914. The molecule has 0 aliphatic rings. The summed E-state index contributed by atoms with van der Waals surface area (Å²) in [6.45, 7) is 1.93. The maximum absolute atomic E-state index is 12.1. The van der Waals surface area contributed by atoms with E-state index in [0.29, 0.717) is 5.69 Å². The largest absolute Gasteiger partial charge is 0.289 e. The van der Waals surface area contributed by atoms with Crippen molar-refractivity contribution < 1.29 is 4.79 Å². The quantitative estimate of drug-likeness (QED) is 0.583. The molecule has 0 saturated carbocycles. The third-order valence-electron chi connectivity index (χ3n) is 3.46. The van der Waals surface area contributed by atoms with Crippen LogP contribution in [-0.2, 0) is 0 Å². The lowest BCUT2D eigenvalue weighted by molar-refractivity contribution is 0.0950. The second kappa shape index (κ2) is 7.33. The van der Waals surface area contributed by atoms with Crippen molar-refractivity contribution in [3.8, 4) is 0 Å². The highest BCUT2D eigenvalue weighted by atomic mass is 16.2. The van der Waals surface area contributed by atoms with E-state index in [-0.39, 0.29) is 5.91 Å². The van der Waals surface area contributed by atoms with E-state index in [1.165, 1.54) is 0 Å². The van der Waals surface area contributed by atoms with Crippen LogP contribution in [0.2, 0.25) is 0 Å². The van der Waals surface area contributed by atoms with Gasteiger partial charge in [0.05, 0.1) is 11.7 Å². The van der Waals surface area contributed by atoms with Gasteiger partial charge < -0.3 is 0 Å². The number of rotatable bonds is 4. The van der Waals surface area contributed by atoms with Gasteiger partial charge in [-0.15, -0.1) is 0 Å². The van der Waals surface area contributed by atoms with E-state index in [1.807, 2.05) is 73.7 Å². The predicted octanol–water partition coefficient (Wildman–Crippen LogP) is 4.05. The summed E-state index contributed by atoms with van der Waals surface area (Å²) < 4.78 is 0. The van der Waals surface area contributed by atoms with Gasteiger partial charge in [-0.2, -0.15) is 5.10 Å². The number of fused-ring (bicyclic) bond motifs is 1. The highest BCUT2D eigenvalue weighted by molar-refractivity contribution is 5.95. The number of hydrazone groups is 1. The lowest BCUT2D eigenvalue weighted by Crippen LogP contribution is -2.18. The summed E-state index contributed by atoms with van der Waals surface area (Å²) >= 11 is 0. The summed E-state index contributed by atoms with van der Waals surface area (Å²) in [4.78, 5) is 16.5. The van der Waals surface area contributed by atoms with Crippen LogP contribution in [0.5, 0.6) is 0 Å². The first-order chi connectivity index (χ1) is 11.7. The lowest BCUT2D eigenvalue weighted by atomic mass is 10.1. The molecule has 4 nitrogen and oxygen atoms in total. The van der Waals surface area contributed by atoms with Gasteiger partial charge in [-0.1, -0.05) is 60.7 Å². The molecule has 0 unspecified atom stereocenters. The van der Waals surface area contributed by atoms with E-state index in [2.05, 4.69) is 15.5 Å². The summed E-state index contributed by atoms with van der Waals surface area (Å²) in [5, 5.41) is 4.99. The van der Waals surface area contributed by atoms with Crippen molar-refractivity contribution in [2.75, 3.05) is 0 Å². The fraction of sp³-hybridized carbons (Fsp3) is 0.0500. The molecule has 0 aliphatic carbocycles. The van der Waals surface area contributed by atoms with Crippen LogP contribution in [0.1, 0.15) is 23.0 Å². The van der Waals surface area contributed by atoms with E-state index in [9.17, 15) is 4.79 Å². The minimum atomic E-state index is -0.329. The maximum atomic E-state index is 12.1. The number of carbonyl (C=O) groups is 1. The number of aromatic nitrogens is 1. The molecule has 1 amide bonds. The Morgan fingerprint density at radius 1 is 1.00 bits per heavy atom. The smallest absolute Gasteiger partial charge is 0.266 e. The number of nitrogens with one attached hydrogen (secondary N) is 1. The van der Waals surface area contributed by atoms with Gasteiger partial charge in [0.2, 0.25) is 0 Å². The number of benzene rings is 2. The molecule has 1 N–H and O–H groups in total. The minimum Gasteiger partial charge on any atom is -0.266 e. The summed E-state index contributed by atoms with van der Waals surface area (Å²) in [5.41, 5.74) is 5.66. The molecule has 1 heterocycles. The number of pyridine rings is 1. The van der Waals surface area contributed by atoms with E-state index >= 15 is 0 Å². The first-order valence-corrected chi connectivity index (χ1v) is 7.65. The molecule has 0 fully saturated rings. The van der Waals surface area contributed by atoms with Gasteiger partial charge in [-0.25, -0.2) is 10.4 Å². The third kappa shape index (κ3) is 3.93. The number of hydrogen-bond acceptors (Lipinski definition) is 3. The first kappa shape index (κ1) is 15.6. The third-order valence-corrected chi connectivity index (χ3v) is 3.46. The molecule has 1 aromatic heterocycles. The van der Waals surface area contributed by atoms with Gasteiger partial charge in [0.1, 0.15) is 5.69 Å². The molecule has 3 rings (SSSR count). The Kier molecular flexibility index (Phi) is 4.77. The molecular formula is C20H17N3O. The van der Waals surface area contributed by atoms with Crippen molar-refractivity contribution in [2.24, 2.45) is 5.10 Å². The Morgan fingerprint density at radius 2 is 1.75 bits per heavy atom. The van der Waals surface area contributed by atoms with Crippen molar-refractivity contribution in [3.05, 3.63) is 83.6 Å². The molecular weight excluding hydrogens is 298 g/mol. The zero-order chi connectivity index (χ0) is 16.8. The Hall–Kier alpha value is -3.27. The number of hydrogen-bond donors (Lipinski definition) is 1. The number of amides is 1. The van der Waals surface area contributed by atoms with Crippen LogP contribution in [0.3, 0.4) is 0 Å². The van der Waals surface area contributed by atoms with Crippen molar-refractivity contribution in [3.63, 3.8) is 0 Å². The number of allylic oxidation sites excluding steroid dienone is 1. The van der Waals surface area contributed by atoms with Crippen LogP contribution in [0, 0.1) is 0 Å². The van der Waals surface area contributed by atoms with Gasteiger partial charge in [0, 0.05) is 5.39 Å². The molecule has 118 valence electrons. The average molecular weight is 315 g/mol. The van der Waals surface area contributed by atoms with Crippen LogP contribution in [0.15, 0.2) is 77.4 Å². The molecule has 3 aromatic rings. The second-order valence-electron chi connectivity index (χ2n) is 5.39. The van der Waals surface area contributed by atoms with Crippen LogP contribution >= 0.6 is 0 Å². The van der Waals surface area contributed by atoms with E-state index in [4.69, 9.17) is 0 Å². The molecule has 0 spiro atoms. The maximum Gasteiger partial charge on any atom is 0.289 e. The number of para-hydroxylation sites is 1. The van der Waals surface area contributed by atoms with Gasteiger partial charge in [-0.05, 0) is 30.2 Å². The summed E-state index contributed by atoms with van der Waals surface area (Å²) in [7, 11) is 0. The topological polar surface area (TPSA) is 54.4 Å². The zero-order valence-corrected chi connectivity index (χ0v) is 13.3. The molecule has 0 radical (unpaired) electrons. The van der Waals surface area contributed by atoms with Gasteiger partial charge >= 0.3 is 0 Å². The van der Waals surface area contributed by atoms with Crippen LogP contribution in [0.25, 0.3) is 17.0 Å². The monoisotopic (exact) mass is 315 g/mol. The van der Waals surface area contributed by atoms with E-state index < -0.39 is 0 Å². The van der Waals surface area contributed by atoms with Gasteiger partial charge in [0.25, 0.3) is 5.91 Å². The molecule has 4 heteroatoms. The summed E-state index contributed by atoms with van der Waals surface area (Å²) in [5.74, 6) is -0.329. The van der Waals surface area contributed by atoms with E-state index in [1.54, 1.807) is 12.3 Å². The Balaban J connectivity index is 1.66. The molecule has 0 atom stereocenters. The highest BCUT2D eigenvalue weighted by Gasteiger charge is 2.06. The Labute approximate surface area is 140 Å². The first-order valence-electron chi connectivity index (χ1n) is 7.65. The molecule has 0 bridgehead atoms. The summed E-state index contributed by atoms with van der Waals surface area (Å²) in [6, 6.07) is 21.2. The highest BCUT2D eigenvalue weighted by Crippen LogP contribution is 2.11. The number of nitrogens with zero attached hydrogens (tertiary/aromatic N) is 2. The predicted molar refractivity (Wildman–Crippen MR) is 97.8 cm³/mol. The molecule has 0 aliphatic heterocycles. The Morgan fingerprint density at radius 3 is 2.58 bits per heavy atom.